The minimum absolute atomic E-state index is 0.141. The number of hydrogen-bond acceptors (Lipinski definition) is 5. The summed E-state index contributed by atoms with van der Waals surface area (Å²) in [4.78, 5) is 17.2. The standard InChI is InChI=1S/C20H20N4O2S/c21-18(25)10-16-15(9-13-5-2-1-3-6-13)22-12-24(16)11-14-7-4-8-17-19(14)23-20(26)27-17/h1-8,12,20,23,26H,9-11H2,(H2,21,25). The molecule has 27 heavy (non-hydrogen) atoms. The number of imidazole rings is 1. The van der Waals surface area contributed by atoms with Gasteiger partial charge in [-0.2, -0.15) is 0 Å². The van der Waals surface area contributed by atoms with E-state index in [9.17, 15) is 9.90 Å². The summed E-state index contributed by atoms with van der Waals surface area (Å²) in [6.07, 6.45) is 2.55. The van der Waals surface area contributed by atoms with Crippen molar-refractivity contribution in [2.24, 2.45) is 5.73 Å². The fraction of sp³-hybridized carbons (Fsp3) is 0.200. The van der Waals surface area contributed by atoms with Gasteiger partial charge in [-0.1, -0.05) is 54.2 Å². The van der Waals surface area contributed by atoms with E-state index in [0.29, 0.717) is 13.0 Å². The Morgan fingerprint density at radius 1 is 1.22 bits per heavy atom. The third-order valence-corrected chi connectivity index (χ3v) is 5.48. The molecule has 1 aliphatic rings. The molecule has 0 radical (unpaired) electrons. The molecule has 1 amide bonds. The molecule has 2 aromatic carbocycles. The number of fused-ring (bicyclic) bond motifs is 1. The Morgan fingerprint density at radius 3 is 2.81 bits per heavy atom. The number of benzene rings is 2. The normalized spacial score (nSPS) is 15.4. The average molecular weight is 380 g/mol. The molecule has 4 rings (SSSR count). The number of aromatic nitrogens is 2. The maximum atomic E-state index is 11.6. The van der Waals surface area contributed by atoms with Crippen molar-refractivity contribution in [3.8, 4) is 0 Å². The van der Waals surface area contributed by atoms with E-state index < -0.39 is 5.56 Å². The number of rotatable bonds is 6. The summed E-state index contributed by atoms with van der Waals surface area (Å²) in [5.74, 6) is -0.381. The van der Waals surface area contributed by atoms with Crippen LogP contribution in [0.3, 0.4) is 0 Å². The number of nitrogens with one attached hydrogen (secondary N) is 1. The fourth-order valence-corrected chi connectivity index (χ4v) is 4.20. The maximum Gasteiger partial charge on any atom is 0.223 e. The lowest BCUT2D eigenvalue weighted by atomic mass is 10.1. The van der Waals surface area contributed by atoms with Gasteiger partial charge in [0.25, 0.3) is 0 Å². The molecule has 0 fully saturated rings. The zero-order valence-corrected chi connectivity index (χ0v) is 15.4. The van der Waals surface area contributed by atoms with Gasteiger partial charge in [-0.15, -0.1) is 0 Å². The number of nitrogens with two attached hydrogens (primary N) is 1. The molecule has 0 saturated heterocycles. The van der Waals surface area contributed by atoms with E-state index in [1.807, 2.05) is 53.1 Å². The Bertz CT molecular complexity index is 971. The number of amides is 1. The summed E-state index contributed by atoms with van der Waals surface area (Å²) < 4.78 is 1.97. The van der Waals surface area contributed by atoms with Crippen LogP contribution < -0.4 is 11.1 Å². The van der Waals surface area contributed by atoms with Gasteiger partial charge in [-0.25, -0.2) is 4.98 Å². The molecule has 0 bridgehead atoms. The monoisotopic (exact) mass is 380 g/mol. The Kier molecular flexibility index (Phi) is 4.87. The van der Waals surface area contributed by atoms with E-state index in [1.54, 1.807) is 6.33 Å². The number of carbonyl (C=O) groups is 1. The van der Waals surface area contributed by atoms with Gasteiger partial charge in [0.15, 0.2) is 5.56 Å². The summed E-state index contributed by atoms with van der Waals surface area (Å²) in [6.45, 7) is 0.549. The molecule has 2 heterocycles. The van der Waals surface area contributed by atoms with Crippen LogP contribution >= 0.6 is 11.8 Å². The van der Waals surface area contributed by atoms with Crippen LogP contribution in [0.1, 0.15) is 22.5 Å². The highest BCUT2D eigenvalue weighted by atomic mass is 32.2. The van der Waals surface area contributed by atoms with Crippen molar-refractivity contribution in [2.75, 3.05) is 5.32 Å². The fourth-order valence-electron chi connectivity index (χ4n) is 3.32. The molecule has 0 aliphatic carbocycles. The number of aliphatic hydroxyl groups excluding tert-OH is 1. The molecule has 1 aromatic heterocycles. The quantitative estimate of drug-likeness (QED) is 0.610. The van der Waals surface area contributed by atoms with Crippen molar-refractivity contribution >= 4 is 23.4 Å². The van der Waals surface area contributed by atoms with E-state index >= 15 is 0 Å². The Morgan fingerprint density at radius 2 is 2.04 bits per heavy atom. The van der Waals surface area contributed by atoms with Gasteiger partial charge in [-0.3, -0.25) is 4.79 Å². The van der Waals surface area contributed by atoms with E-state index in [1.165, 1.54) is 11.8 Å². The lowest BCUT2D eigenvalue weighted by molar-refractivity contribution is -0.117. The lowest BCUT2D eigenvalue weighted by Gasteiger charge is -2.12. The summed E-state index contributed by atoms with van der Waals surface area (Å²) in [7, 11) is 0. The van der Waals surface area contributed by atoms with Crippen molar-refractivity contribution < 1.29 is 9.90 Å². The Balaban J connectivity index is 1.65. The first-order chi connectivity index (χ1) is 13.1. The number of primary amides is 1. The van der Waals surface area contributed by atoms with Gasteiger partial charge >= 0.3 is 0 Å². The molecular formula is C20H20N4O2S. The highest BCUT2D eigenvalue weighted by Crippen LogP contribution is 2.39. The number of thioether (sulfide) groups is 1. The minimum Gasteiger partial charge on any atom is -0.369 e. The zero-order chi connectivity index (χ0) is 18.8. The van der Waals surface area contributed by atoms with Crippen LogP contribution in [0.5, 0.6) is 0 Å². The first-order valence-electron chi connectivity index (χ1n) is 8.68. The number of aliphatic hydroxyl groups is 1. The van der Waals surface area contributed by atoms with Crippen molar-refractivity contribution in [1.29, 1.82) is 0 Å². The third kappa shape index (κ3) is 3.84. The van der Waals surface area contributed by atoms with E-state index in [2.05, 4.69) is 10.3 Å². The molecule has 4 N–H and O–H groups in total. The van der Waals surface area contributed by atoms with Crippen molar-refractivity contribution in [3.63, 3.8) is 0 Å². The number of carbonyl (C=O) groups excluding carboxylic acids is 1. The Hall–Kier alpha value is -2.77. The second-order valence-corrected chi connectivity index (χ2v) is 7.60. The summed E-state index contributed by atoms with van der Waals surface area (Å²) in [6, 6.07) is 16.0. The highest BCUT2D eigenvalue weighted by Gasteiger charge is 2.22. The van der Waals surface area contributed by atoms with Crippen LogP contribution in [0, 0.1) is 0 Å². The topological polar surface area (TPSA) is 93.2 Å². The van der Waals surface area contributed by atoms with Gasteiger partial charge < -0.3 is 20.7 Å². The molecule has 6 nitrogen and oxygen atoms in total. The predicted octanol–water partition coefficient (Wildman–Crippen LogP) is 2.34. The number of para-hydroxylation sites is 1. The van der Waals surface area contributed by atoms with Gasteiger partial charge in [0.1, 0.15) is 0 Å². The minimum atomic E-state index is -0.636. The Labute approximate surface area is 161 Å². The maximum absolute atomic E-state index is 11.6. The summed E-state index contributed by atoms with van der Waals surface area (Å²) >= 11 is 1.38. The molecule has 1 unspecified atom stereocenters. The number of hydrogen-bond donors (Lipinski definition) is 3. The molecule has 0 saturated carbocycles. The SMILES string of the molecule is NC(=O)Cc1c(Cc2ccccc2)ncn1Cc1cccc2c1NC(O)S2. The van der Waals surface area contributed by atoms with Gasteiger partial charge in [-0.05, 0) is 17.2 Å². The second-order valence-electron chi connectivity index (χ2n) is 6.48. The average Bonchev–Trinajstić information content (AvgIpc) is 3.20. The molecule has 1 aliphatic heterocycles. The van der Waals surface area contributed by atoms with Crippen LogP contribution in [0.4, 0.5) is 5.69 Å². The molecule has 7 heteroatoms. The molecule has 138 valence electrons. The summed E-state index contributed by atoms with van der Waals surface area (Å²) in [5.41, 5.74) is 9.63. The van der Waals surface area contributed by atoms with E-state index in [4.69, 9.17) is 5.73 Å². The van der Waals surface area contributed by atoms with E-state index in [-0.39, 0.29) is 12.3 Å². The largest absolute Gasteiger partial charge is 0.369 e. The van der Waals surface area contributed by atoms with Crippen LogP contribution in [-0.4, -0.2) is 26.1 Å². The second kappa shape index (κ2) is 7.46. The van der Waals surface area contributed by atoms with Crippen molar-refractivity contribution in [1.82, 2.24) is 9.55 Å². The van der Waals surface area contributed by atoms with Crippen LogP contribution in [0.2, 0.25) is 0 Å². The lowest BCUT2D eigenvalue weighted by Crippen LogP contribution is -2.18. The first kappa shape index (κ1) is 17.6. The van der Waals surface area contributed by atoms with E-state index in [0.717, 1.165) is 33.1 Å². The smallest absolute Gasteiger partial charge is 0.223 e. The molecule has 1 atom stereocenters. The van der Waals surface area contributed by atoms with Crippen LogP contribution in [0.25, 0.3) is 0 Å². The summed E-state index contributed by atoms with van der Waals surface area (Å²) in [5, 5.41) is 12.9. The highest BCUT2D eigenvalue weighted by molar-refractivity contribution is 8.00. The van der Waals surface area contributed by atoms with Crippen molar-refractivity contribution in [2.45, 2.75) is 29.8 Å². The van der Waals surface area contributed by atoms with Crippen LogP contribution in [-0.2, 0) is 24.2 Å². The number of anilines is 1. The molecule has 3 aromatic rings. The molecule has 0 spiro atoms. The number of nitrogens with zero attached hydrogens (tertiary/aromatic N) is 2. The third-order valence-electron chi connectivity index (χ3n) is 4.55. The predicted molar refractivity (Wildman–Crippen MR) is 105 cm³/mol. The first-order valence-corrected chi connectivity index (χ1v) is 9.56. The molecular weight excluding hydrogens is 360 g/mol. The van der Waals surface area contributed by atoms with Crippen molar-refractivity contribution in [3.05, 3.63) is 77.4 Å². The van der Waals surface area contributed by atoms with Gasteiger partial charge in [0.2, 0.25) is 5.91 Å². The van der Waals surface area contributed by atoms with Gasteiger partial charge in [0, 0.05) is 11.3 Å². The van der Waals surface area contributed by atoms with Gasteiger partial charge in [0.05, 0.1) is 36.4 Å². The zero-order valence-electron chi connectivity index (χ0n) is 14.6. The van der Waals surface area contributed by atoms with Crippen LogP contribution in [0.15, 0.2) is 59.8 Å².